The molecule has 0 saturated carbocycles. The first-order chi connectivity index (χ1) is 11.0. The molecule has 122 valence electrons. The lowest BCUT2D eigenvalue weighted by Gasteiger charge is -2.39. The maximum atomic E-state index is 13.6. The van der Waals surface area contributed by atoms with E-state index in [-0.39, 0.29) is 11.4 Å². The average molecular weight is 324 g/mol. The molecule has 1 aromatic carbocycles. The molecule has 0 amide bonds. The lowest BCUT2D eigenvalue weighted by molar-refractivity contribution is -0.239. The van der Waals surface area contributed by atoms with Gasteiger partial charge in [-0.2, -0.15) is 13.2 Å². The summed E-state index contributed by atoms with van der Waals surface area (Å²) in [6, 6.07) is 7.19. The van der Waals surface area contributed by atoms with Crippen LogP contribution in [0.25, 0.3) is 10.9 Å². The van der Waals surface area contributed by atoms with Crippen LogP contribution in [-0.4, -0.2) is 31.0 Å². The van der Waals surface area contributed by atoms with Crippen molar-refractivity contribution in [3.8, 4) is 5.88 Å². The van der Waals surface area contributed by atoms with Crippen LogP contribution < -0.4 is 9.64 Å². The van der Waals surface area contributed by atoms with Gasteiger partial charge in [0, 0.05) is 11.9 Å². The van der Waals surface area contributed by atoms with Crippen molar-refractivity contribution in [3.63, 3.8) is 0 Å². The molecule has 1 saturated heterocycles. The smallest absolute Gasteiger partial charge is 0.419 e. The van der Waals surface area contributed by atoms with E-state index in [4.69, 9.17) is 9.47 Å². The third-order valence-electron chi connectivity index (χ3n) is 4.40. The molecule has 2 atom stereocenters. The normalized spacial score (nSPS) is 23.7. The number of ether oxygens (including phenoxy) is 2. The number of fused-ring (bicyclic) bond motifs is 5. The van der Waals surface area contributed by atoms with Gasteiger partial charge in [-0.05, 0) is 18.9 Å². The van der Waals surface area contributed by atoms with Gasteiger partial charge in [-0.1, -0.05) is 18.2 Å². The van der Waals surface area contributed by atoms with Crippen LogP contribution in [0, 0.1) is 0 Å². The highest BCUT2D eigenvalue weighted by Crippen LogP contribution is 2.52. The molecule has 0 N–H and O–H groups in total. The fourth-order valence-electron chi connectivity index (χ4n) is 3.49. The van der Waals surface area contributed by atoms with Crippen LogP contribution in [0.2, 0.25) is 0 Å². The summed E-state index contributed by atoms with van der Waals surface area (Å²) < 4.78 is 51.3. The molecular weight excluding hydrogens is 309 g/mol. The van der Waals surface area contributed by atoms with Crippen molar-refractivity contribution in [3.05, 3.63) is 29.8 Å². The van der Waals surface area contributed by atoms with Gasteiger partial charge in [0.15, 0.2) is 6.10 Å². The van der Waals surface area contributed by atoms with Crippen LogP contribution in [-0.2, 0) is 4.74 Å². The highest BCUT2D eigenvalue weighted by Gasteiger charge is 2.51. The predicted molar refractivity (Wildman–Crippen MR) is 78.5 cm³/mol. The molecule has 0 spiro atoms. The third-order valence-corrected chi connectivity index (χ3v) is 4.40. The van der Waals surface area contributed by atoms with Gasteiger partial charge in [-0.3, -0.25) is 0 Å². The number of para-hydroxylation sites is 1. The summed E-state index contributed by atoms with van der Waals surface area (Å²) in [6.45, 7) is 0.666. The van der Waals surface area contributed by atoms with Gasteiger partial charge in [0.2, 0.25) is 5.88 Å². The van der Waals surface area contributed by atoms with Crippen LogP contribution >= 0.6 is 0 Å². The number of methoxy groups -OCH3 is 1. The van der Waals surface area contributed by atoms with Crippen molar-refractivity contribution >= 4 is 16.6 Å². The van der Waals surface area contributed by atoms with Gasteiger partial charge < -0.3 is 14.4 Å². The summed E-state index contributed by atoms with van der Waals surface area (Å²) in [5.41, 5.74) is 1.15. The largest absolute Gasteiger partial charge is 0.481 e. The van der Waals surface area contributed by atoms with Crippen LogP contribution in [0.1, 0.15) is 24.5 Å². The lowest BCUT2D eigenvalue weighted by Crippen LogP contribution is -2.42. The highest BCUT2D eigenvalue weighted by atomic mass is 19.4. The molecule has 2 aliphatic rings. The number of pyridine rings is 1. The fraction of sp³-hybridized carbons (Fsp3) is 0.438. The number of nitrogens with zero attached hydrogens (tertiary/aromatic N) is 2. The Labute approximate surface area is 130 Å². The summed E-state index contributed by atoms with van der Waals surface area (Å²) in [5, 5.41) is 0.702. The number of benzene rings is 1. The third kappa shape index (κ3) is 2.14. The summed E-state index contributed by atoms with van der Waals surface area (Å²) in [4.78, 5) is 6.16. The van der Waals surface area contributed by atoms with Gasteiger partial charge in [0.1, 0.15) is 6.23 Å². The Bertz CT molecular complexity index is 763. The van der Waals surface area contributed by atoms with Crippen LogP contribution in [0.4, 0.5) is 18.9 Å². The summed E-state index contributed by atoms with van der Waals surface area (Å²) in [5.74, 6) is -0.0219. The van der Waals surface area contributed by atoms with Gasteiger partial charge in [-0.25, -0.2) is 4.98 Å². The Morgan fingerprint density at radius 1 is 1.30 bits per heavy atom. The highest BCUT2D eigenvalue weighted by molar-refractivity contribution is 5.95. The van der Waals surface area contributed by atoms with Crippen LogP contribution in [0.5, 0.6) is 5.88 Å². The van der Waals surface area contributed by atoms with Crippen molar-refractivity contribution in [1.82, 2.24) is 4.98 Å². The zero-order valence-electron chi connectivity index (χ0n) is 12.4. The lowest BCUT2D eigenvalue weighted by atomic mass is 10.0. The summed E-state index contributed by atoms with van der Waals surface area (Å²) in [7, 11) is 1.33. The standard InChI is InChI=1S/C16H15F3N2O2/c1-22-15-12-13(9-5-2-3-6-10(9)20-15)21-8-4-7-11(21)23-14(12)16(17,18)19/h2-3,5-6,11,14H,4,7-8H2,1H3. The van der Waals surface area contributed by atoms with Gasteiger partial charge >= 0.3 is 6.18 Å². The number of aromatic nitrogens is 1. The Morgan fingerprint density at radius 3 is 2.83 bits per heavy atom. The molecule has 4 nitrogen and oxygen atoms in total. The monoisotopic (exact) mass is 324 g/mol. The Morgan fingerprint density at radius 2 is 2.09 bits per heavy atom. The number of hydrogen-bond acceptors (Lipinski definition) is 4. The number of anilines is 1. The SMILES string of the molecule is COc1nc2ccccc2c2c1C(C(F)(F)F)OC1CCCN21. The quantitative estimate of drug-likeness (QED) is 0.799. The maximum Gasteiger partial charge on any atom is 0.419 e. The molecular formula is C16H15F3N2O2. The summed E-state index contributed by atoms with van der Waals surface area (Å²) >= 11 is 0. The van der Waals surface area contributed by atoms with E-state index in [1.807, 2.05) is 11.0 Å². The van der Waals surface area contributed by atoms with E-state index in [1.54, 1.807) is 18.2 Å². The van der Waals surface area contributed by atoms with E-state index in [0.29, 0.717) is 29.6 Å². The molecule has 2 unspecified atom stereocenters. The fourth-order valence-corrected chi connectivity index (χ4v) is 3.49. The zero-order valence-corrected chi connectivity index (χ0v) is 12.4. The molecule has 1 aromatic heterocycles. The zero-order chi connectivity index (χ0) is 16.2. The van der Waals surface area contributed by atoms with E-state index in [1.165, 1.54) is 7.11 Å². The van der Waals surface area contributed by atoms with Crippen LogP contribution in [0.15, 0.2) is 24.3 Å². The average Bonchev–Trinajstić information content (AvgIpc) is 3.00. The minimum Gasteiger partial charge on any atom is -0.481 e. The second-order valence-corrected chi connectivity index (χ2v) is 5.75. The van der Waals surface area contributed by atoms with Crippen LogP contribution in [0.3, 0.4) is 0 Å². The Kier molecular flexibility index (Phi) is 3.16. The number of alkyl halides is 3. The molecule has 0 bridgehead atoms. The molecule has 1 fully saturated rings. The van der Waals surface area contributed by atoms with Crippen molar-refractivity contribution in [2.24, 2.45) is 0 Å². The van der Waals surface area contributed by atoms with Gasteiger partial charge in [-0.15, -0.1) is 0 Å². The second kappa shape index (κ2) is 4.99. The Balaban J connectivity index is 2.06. The first-order valence-electron chi connectivity index (χ1n) is 7.46. The first kappa shape index (κ1) is 14.6. The van der Waals surface area contributed by atoms with Crippen molar-refractivity contribution in [2.75, 3.05) is 18.6 Å². The molecule has 23 heavy (non-hydrogen) atoms. The van der Waals surface area contributed by atoms with E-state index in [9.17, 15) is 13.2 Å². The molecule has 0 aliphatic carbocycles. The minimum absolute atomic E-state index is 0.0168. The van der Waals surface area contributed by atoms with Crippen molar-refractivity contribution in [2.45, 2.75) is 31.3 Å². The van der Waals surface area contributed by atoms with E-state index < -0.39 is 18.5 Å². The number of hydrogen-bond donors (Lipinski definition) is 0. The number of halogens is 3. The molecule has 2 aliphatic heterocycles. The molecule has 0 radical (unpaired) electrons. The van der Waals surface area contributed by atoms with Gasteiger partial charge in [0.05, 0.1) is 23.9 Å². The second-order valence-electron chi connectivity index (χ2n) is 5.75. The number of rotatable bonds is 1. The maximum absolute atomic E-state index is 13.6. The van der Waals surface area contributed by atoms with Gasteiger partial charge in [0.25, 0.3) is 0 Å². The molecule has 3 heterocycles. The van der Waals surface area contributed by atoms with Crippen molar-refractivity contribution < 1.29 is 22.6 Å². The van der Waals surface area contributed by atoms with Crippen molar-refractivity contribution in [1.29, 1.82) is 0 Å². The summed E-state index contributed by atoms with van der Waals surface area (Å²) in [6.07, 6.45) is -5.69. The molecule has 2 aromatic rings. The first-order valence-corrected chi connectivity index (χ1v) is 7.46. The van der Waals surface area contributed by atoms with E-state index >= 15 is 0 Å². The predicted octanol–water partition coefficient (Wildman–Crippen LogP) is 3.80. The minimum atomic E-state index is -4.51. The molecule has 7 heteroatoms. The molecule has 4 rings (SSSR count). The Hall–Kier alpha value is -2.02. The topological polar surface area (TPSA) is 34.6 Å². The van der Waals surface area contributed by atoms with E-state index in [2.05, 4.69) is 4.98 Å². The van der Waals surface area contributed by atoms with E-state index in [0.717, 1.165) is 6.42 Å².